The maximum absolute atomic E-state index is 11.6. The molecule has 0 saturated carbocycles. The van der Waals surface area contributed by atoms with Crippen LogP contribution in [0.25, 0.3) is 0 Å². The molecular formula is C10H8N2O5S. The molecule has 0 saturated heterocycles. The molecule has 94 valence electrons. The van der Waals surface area contributed by atoms with E-state index in [0.717, 1.165) is 6.21 Å². The highest BCUT2D eigenvalue weighted by atomic mass is 32.2. The summed E-state index contributed by atoms with van der Waals surface area (Å²) in [6, 6.07) is 5.76. The average molecular weight is 268 g/mol. The first kappa shape index (κ1) is 12.1. The molecule has 0 radical (unpaired) electrons. The van der Waals surface area contributed by atoms with Crippen molar-refractivity contribution in [1.29, 1.82) is 0 Å². The molecule has 0 spiro atoms. The van der Waals surface area contributed by atoms with Crippen LogP contribution in [0.4, 0.5) is 0 Å². The fraction of sp³-hybridized carbons (Fsp3) is 0. The van der Waals surface area contributed by atoms with Crippen molar-refractivity contribution < 1.29 is 23.1 Å². The Morgan fingerprint density at radius 3 is 2.56 bits per heavy atom. The van der Waals surface area contributed by atoms with Crippen LogP contribution in [0.5, 0.6) is 11.5 Å². The monoisotopic (exact) mass is 268 g/mol. The van der Waals surface area contributed by atoms with Crippen molar-refractivity contribution in [2.24, 2.45) is 10.1 Å². The number of benzene rings is 1. The number of nitrogens with zero attached hydrogens (tertiary/aromatic N) is 1. The Balaban J connectivity index is 2.29. The molecule has 2 rings (SSSR count). The van der Waals surface area contributed by atoms with Gasteiger partial charge in [-0.3, -0.25) is 0 Å². The van der Waals surface area contributed by atoms with Crippen LogP contribution < -0.4 is 10.5 Å². The van der Waals surface area contributed by atoms with Gasteiger partial charge in [-0.05, 0) is 12.1 Å². The van der Waals surface area contributed by atoms with Gasteiger partial charge in [-0.25, -0.2) is 4.79 Å². The van der Waals surface area contributed by atoms with Crippen molar-refractivity contribution in [2.75, 3.05) is 0 Å². The molecule has 8 heteroatoms. The molecule has 0 fully saturated rings. The van der Waals surface area contributed by atoms with Gasteiger partial charge in [-0.2, -0.15) is 12.8 Å². The smallest absolute Gasteiger partial charge is 0.348 e. The van der Waals surface area contributed by atoms with Crippen molar-refractivity contribution in [3.8, 4) is 11.5 Å². The van der Waals surface area contributed by atoms with Gasteiger partial charge in [0.05, 0.1) is 6.21 Å². The van der Waals surface area contributed by atoms with E-state index in [4.69, 9.17) is 10.5 Å². The second-order valence-electron chi connectivity index (χ2n) is 3.34. The summed E-state index contributed by atoms with van der Waals surface area (Å²) >= 11 is 0. The third kappa shape index (κ3) is 2.05. The first-order chi connectivity index (χ1) is 8.42. The van der Waals surface area contributed by atoms with Gasteiger partial charge in [-0.15, -0.1) is 0 Å². The Bertz CT molecular complexity index is 675. The predicted molar refractivity (Wildman–Crippen MR) is 62.4 cm³/mol. The number of phenols is 1. The minimum absolute atomic E-state index is 0.0968. The highest BCUT2D eigenvalue weighted by Crippen LogP contribution is 2.26. The van der Waals surface area contributed by atoms with Gasteiger partial charge in [0.15, 0.2) is 16.5 Å². The zero-order valence-electron chi connectivity index (χ0n) is 8.90. The molecule has 1 aromatic carbocycles. The maximum Gasteiger partial charge on any atom is 0.348 e. The Morgan fingerprint density at radius 2 is 2.00 bits per heavy atom. The van der Waals surface area contributed by atoms with Crippen LogP contribution in [0, 0.1) is 0 Å². The predicted octanol–water partition coefficient (Wildman–Crippen LogP) is -0.118. The Labute approximate surface area is 102 Å². The topological polar surface area (TPSA) is 119 Å². The molecular weight excluding hydrogens is 260 g/mol. The van der Waals surface area contributed by atoms with Crippen molar-refractivity contribution in [1.82, 2.24) is 0 Å². The minimum Gasteiger partial charge on any atom is -0.504 e. The fourth-order valence-electron chi connectivity index (χ4n) is 1.23. The highest BCUT2D eigenvalue weighted by molar-refractivity contribution is 7.94. The summed E-state index contributed by atoms with van der Waals surface area (Å²) in [7, 11) is -3.96. The van der Waals surface area contributed by atoms with Gasteiger partial charge in [0.2, 0.25) is 0 Å². The lowest BCUT2D eigenvalue weighted by atomic mass is 10.3. The van der Waals surface area contributed by atoms with Crippen LogP contribution >= 0.6 is 0 Å². The third-order valence-electron chi connectivity index (χ3n) is 2.15. The Kier molecular flexibility index (Phi) is 2.79. The summed E-state index contributed by atoms with van der Waals surface area (Å²) < 4.78 is 30.2. The van der Waals surface area contributed by atoms with E-state index in [2.05, 4.69) is 4.40 Å². The number of ether oxygens (including phenoxy) is 1. The zero-order chi connectivity index (χ0) is 13.3. The largest absolute Gasteiger partial charge is 0.504 e. The molecule has 0 unspecified atom stereocenters. The maximum atomic E-state index is 11.6. The summed E-state index contributed by atoms with van der Waals surface area (Å²) in [5, 5.41) is 8.73. The van der Waals surface area contributed by atoms with Crippen LogP contribution in [-0.4, -0.2) is 25.7 Å². The van der Waals surface area contributed by atoms with Crippen molar-refractivity contribution >= 4 is 22.2 Å². The van der Waals surface area contributed by atoms with Crippen LogP contribution in [0.1, 0.15) is 0 Å². The molecule has 18 heavy (non-hydrogen) atoms. The molecule has 1 aromatic rings. The summed E-state index contributed by atoms with van der Waals surface area (Å²) in [5.74, 6) is -1.35. The quantitative estimate of drug-likeness (QED) is 0.570. The number of esters is 1. The summed E-state index contributed by atoms with van der Waals surface area (Å²) in [4.78, 5) is 11.6. The van der Waals surface area contributed by atoms with E-state index >= 15 is 0 Å². The molecule has 0 aliphatic carbocycles. The average Bonchev–Trinajstić information content (AvgIpc) is 2.58. The minimum atomic E-state index is -3.96. The number of nitrogens with two attached hydrogens (primary N) is 1. The lowest BCUT2D eigenvalue weighted by Gasteiger charge is -2.05. The normalized spacial score (nSPS) is 16.9. The Hall–Kier alpha value is -2.35. The van der Waals surface area contributed by atoms with Crippen molar-refractivity contribution in [2.45, 2.75) is 0 Å². The van der Waals surface area contributed by atoms with Crippen LogP contribution in [-0.2, 0) is 14.8 Å². The molecule has 0 aromatic heterocycles. The van der Waals surface area contributed by atoms with Crippen molar-refractivity contribution in [3.05, 3.63) is 34.9 Å². The van der Waals surface area contributed by atoms with Crippen molar-refractivity contribution in [3.63, 3.8) is 0 Å². The molecule has 0 bridgehead atoms. The number of para-hydroxylation sites is 2. The number of carbonyl (C=O) groups excluding carboxylic acids is 1. The van der Waals surface area contributed by atoms with E-state index in [9.17, 15) is 18.3 Å². The number of sulfonamides is 1. The number of hydrogen-bond donors (Lipinski definition) is 2. The summed E-state index contributed by atoms with van der Waals surface area (Å²) in [6.45, 7) is 0. The number of phenolic OH excluding ortho intramolecular Hbond substituents is 1. The van der Waals surface area contributed by atoms with Gasteiger partial charge in [0.1, 0.15) is 5.57 Å². The SMILES string of the molecule is NC1=C(C(=O)Oc2ccccc2O)C=NS1(=O)=O. The van der Waals surface area contributed by atoms with E-state index < -0.39 is 21.0 Å². The second-order valence-corrected chi connectivity index (χ2v) is 4.95. The molecule has 7 nitrogen and oxygen atoms in total. The zero-order valence-corrected chi connectivity index (χ0v) is 9.72. The lowest BCUT2D eigenvalue weighted by Crippen LogP contribution is -2.17. The molecule has 1 aliphatic heterocycles. The molecule has 3 N–H and O–H groups in total. The van der Waals surface area contributed by atoms with E-state index in [1.54, 1.807) is 12.1 Å². The number of aromatic hydroxyl groups is 1. The molecule has 0 amide bonds. The van der Waals surface area contributed by atoms with E-state index in [1.807, 2.05) is 0 Å². The first-order valence-corrected chi connectivity index (χ1v) is 6.16. The Morgan fingerprint density at radius 1 is 1.33 bits per heavy atom. The summed E-state index contributed by atoms with van der Waals surface area (Å²) in [6.07, 6.45) is 0.812. The molecule has 1 heterocycles. The lowest BCUT2D eigenvalue weighted by molar-refractivity contribution is -0.129. The van der Waals surface area contributed by atoms with Gasteiger partial charge >= 0.3 is 5.97 Å². The van der Waals surface area contributed by atoms with Crippen LogP contribution in [0.15, 0.2) is 39.3 Å². The van der Waals surface area contributed by atoms with Gasteiger partial charge in [-0.1, -0.05) is 12.1 Å². The number of carbonyl (C=O) groups is 1. The standard InChI is InChI=1S/C10H8N2O5S/c11-9-6(5-12-18(9,15)16)10(14)17-8-4-2-1-3-7(8)13/h1-5,13H,11H2. The highest BCUT2D eigenvalue weighted by Gasteiger charge is 2.29. The summed E-state index contributed by atoms with van der Waals surface area (Å²) in [5.41, 5.74) is 4.89. The molecule has 0 atom stereocenters. The fourth-order valence-corrected chi connectivity index (χ4v) is 2.00. The van der Waals surface area contributed by atoms with Gasteiger partial charge in [0.25, 0.3) is 10.0 Å². The second kappa shape index (κ2) is 4.15. The van der Waals surface area contributed by atoms with Gasteiger partial charge < -0.3 is 15.6 Å². The number of rotatable bonds is 2. The number of hydrogen-bond acceptors (Lipinski definition) is 6. The van der Waals surface area contributed by atoms with Crippen LogP contribution in [0.2, 0.25) is 0 Å². The van der Waals surface area contributed by atoms with E-state index in [0.29, 0.717) is 0 Å². The third-order valence-corrected chi connectivity index (χ3v) is 3.31. The first-order valence-electron chi connectivity index (χ1n) is 4.72. The molecule has 1 aliphatic rings. The van der Waals surface area contributed by atoms with Gasteiger partial charge in [0, 0.05) is 0 Å². The van der Waals surface area contributed by atoms with Crippen LogP contribution in [0.3, 0.4) is 0 Å². The van der Waals surface area contributed by atoms with E-state index in [-0.39, 0.29) is 17.1 Å². The van der Waals surface area contributed by atoms with E-state index in [1.165, 1.54) is 12.1 Å².